The van der Waals surface area contributed by atoms with Gasteiger partial charge in [0, 0.05) is 7.05 Å². The van der Waals surface area contributed by atoms with Gasteiger partial charge in [-0.3, -0.25) is 4.68 Å². The van der Waals surface area contributed by atoms with E-state index in [1.54, 1.807) is 25.8 Å². The Bertz CT molecular complexity index is 552. The van der Waals surface area contributed by atoms with E-state index in [1.165, 1.54) is 4.68 Å². The standard InChI is InChI=1S/C11H13N3O2/c1-8-12-11(15)14(13(8)2)9-4-6-10(16-3)7-5-9/h4-7H,1-3H3. The van der Waals surface area contributed by atoms with Crippen LogP contribution in [0.1, 0.15) is 5.82 Å². The van der Waals surface area contributed by atoms with Crippen molar-refractivity contribution in [3.63, 3.8) is 0 Å². The number of rotatable bonds is 2. The van der Waals surface area contributed by atoms with E-state index in [1.807, 2.05) is 24.3 Å². The van der Waals surface area contributed by atoms with E-state index in [4.69, 9.17) is 4.74 Å². The Morgan fingerprint density at radius 1 is 1.25 bits per heavy atom. The molecule has 1 heterocycles. The lowest BCUT2D eigenvalue weighted by molar-refractivity contribution is 0.414. The summed E-state index contributed by atoms with van der Waals surface area (Å²) in [4.78, 5) is 15.5. The molecule has 0 fully saturated rings. The van der Waals surface area contributed by atoms with E-state index >= 15 is 0 Å². The van der Waals surface area contributed by atoms with Gasteiger partial charge in [-0.1, -0.05) is 0 Å². The van der Waals surface area contributed by atoms with Gasteiger partial charge in [-0.15, -0.1) is 0 Å². The Balaban J connectivity index is 2.54. The third kappa shape index (κ3) is 1.60. The summed E-state index contributed by atoms with van der Waals surface area (Å²) in [6.07, 6.45) is 0. The molecule has 0 amide bonds. The number of aryl methyl sites for hydroxylation is 1. The van der Waals surface area contributed by atoms with E-state index < -0.39 is 0 Å². The number of nitrogens with zero attached hydrogens (tertiary/aromatic N) is 3. The van der Waals surface area contributed by atoms with E-state index in [-0.39, 0.29) is 5.69 Å². The van der Waals surface area contributed by atoms with E-state index in [2.05, 4.69) is 4.98 Å². The second kappa shape index (κ2) is 3.84. The normalized spacial score (nSPS) is 10.4. The zero-order valence-corrected chi connectivity index (χ0v) is 9.47. The van der Waals surface area contributed by atoms with Crippen LogP contribution in [0.4, 0.5) is 0 Å². The topological polar surface area (TPSA) is 49.1 Å². The number of hydrogen-bond donors (Lipinski definition) is 0. The molecule has 2 aromatic rings. The fourth-order valence-electron chi connectivity index (χ4n) is 1.54. The van der Waals surface area contributed by atoms with Crippen molar-refractivity contribution in [2.45, 2.75) is 6.92 Å². The summed E-state index contributed by atoms with van der Waals surface area (Å²) in [5.74, 6) is 1.44. The number of benzene rings is 1. The molecule has 16 heavy (non-hydrogen) atoms. The second-order valence-electron chi connectivity index (χ2n) is 3.48. The quantitative estimate of drug-likeness (QED) is 0.753. The van der Waals surface area contributed by atoms with Crippen molar-refractivity contribution in [3.8, 4) is 11.4 Å². The zero-order chi connectivity index (χ0) is 11.7. The minimum atomic E-state index is -0.273. The van der Waals surface area contributed by atoms with Crippen LogP contribution in [0.5, 0.6) is 5.75 Å². The summed E-state index contributed by atoms with van der Waals surface area (Å²) >= 11 is 0. The van der Waals surface area contributed by atoms with Crippen LogP contribution in [0.15, 0.2) is 29.1 Å². The Labute approximate surface area is 92.9 Å². The predicted octanol–water partition coefficient (Wildman–Crippen LogP) is 0.888. The average Bonchev–Trinajstić information content (AvgIpc) is 2.54. The SMILES string of the molecule is COc1ccc(-n2c(=O)nc(C)n2C)cc1. The largest absolute Gasteiger partial charge is 0.497 e. The zero-order valence-electron chi connectivity index (χ0n) is 9.47. The van der Waals surface area contributed by atoms with Crippen molar-refractivity contribution >= 4 is 0 Å². The molecule has 0 spiro atoms. The van der Waals surface area contributed by atoms with E-state index in [9.17, 15) is 4.79 Å². The van der Waals surface area contributed by atoms with Gasteiger partial charge in [-0.05, 0) is 31.2 Å². The summed E-state index contributed by atoms with van der Waals surface area (Å²) in [7, 11) is 3.41. The highest BCUT2D eigenvalue weighted by atomic mass is 16.5. The van der Waals surface area contributed by atoms with Crippen molar-refractivity contribution < 1.29 is 4.74 Å². The molecular weight excluding hydrogens is 206 g/mol. The summed E-state index contributed by atoms with van der Waals surface area (Å²) in [6, 6.07) is 7.26. The number of hydrogen-bond acceptors (Lipinski definition) is 3. The molecule has 84 valence electrons. The van der Waals surface area contributed by atoms with Gasteiger partial charge in [0.15, 0.2) is 0 Å². The summed E-state index contributed by atoms with van der Waals surface area (Å²) in [6.45, 7) is 1.79. The molecule has 0 bridgehead atoms. The van der Waals surface area contributed by atoms with Crippen LogP contribution in [-0.4, -0.2) is 21.5 Å². The lowest BCUT2D eigenvalue weighted by atomic mass is 10.3. The molecule has 5 heteroatoms. The monoisotopic (exact) mass is 219 g/mol. The lowest BCUT2D eigenvalue weighted by Gasteiger charge is -2.07. The van der Waals surface area contributed by atoms with Crippen LogP contribution in [0.25, 0.3) is 5.69 Å². The Morgan fingerprint density at radius 3 is 2.31 bits per heavy atom. The highest BCUT2D eigenvalue weighted by Crippen LogP contribution is 2.13. The molecular formula is C11H13N3O2. The Morgan fingerprint density at radius 2 is 1.88 bits per heavy atom. The third-order valence-corrected chi connectivity index (χ3v) is 2.52. The molecule has 0 aliphatic heterocycles. The first kappa shape index (κ1) is 10.5. The van der Waals surface area contributed by atoms with Crippen LogP contribution >= 0.6 is 0 Å². The third-order valence-electron chi connectivity index (χ3n) is 2.52. The molecule has 0 saturated heterocycles. The van der Waals surface area contributed by atoms with Gasteiger partial charge >= 0.3 is 5.69 Å². The Kier molecular flexibility index (Phi) is 2.52. The highest BCUT2D eigenvalue weighted by Gasteiger charge is 2.07. The molecule has 0 saturated carbocycles. The van der Waals surface area contributed by atoms with Crippen molar-refractivity contribution in [1.82, 2.24) is 14.3 Å². The van der Waals surface area contributed by atoms with Gasteiger partial charge in [0.1, 0.15) is 11.6 Å². The van der Waals surface area contributed by atoms with Gasteiger partial charge in [0.05, 0.1) is 12.8 Å². The van der Waals surface area contributed by atoms with Crippen LogP contribution < -0.4 is 10.4 Å². The summed E-state index contributed by atoms with van der Waals surface area (Å²) in [5, 5.41) is 0. The average molecular weight is 219 g/mol. The molecule has 1 aromatic heterocycles. The number of aromatic nitrogens is 3. The van der Waals surface area contributed by atoms with Gasteiger partial charge in [0.25, 0.3) is 0 Å². The minimum absolute atomic E-state index is 0.273. The minimum Gasteiger partial charge on any atom is -0.497 e. The van der Waals surface area contributed by atoms with E-state index in [0.717, 1.165) is 11.4 Å². The first-order chi connectivity index (χ1) is 7.63. The highest BCUT2D eigenvalue weighted by molar-refractivity contribution is 5.36. The van der Waals surface area contributed by atoms with Crippen molar-refractivity contribution in [2.75, 3.05) is 7.11 Å². The molecule has 0 atom stereocenters. The maximum Gasteiger partial charge on any atom is 0.368 e. The van der Waals surface area contributed by atoms with Crippen molar-refractivity contribution in [3.05, 3.63) is 40.6 Å². The van der Waals surface area contributed by atoms with Crippen LogP contribution in [0.2, 0.25) is 0 Å². The molecule has 0 N–H and O–H groups in total. The molecule has 5 nitrogen and oxygen atoms in total. The molecule has 2 rings (SSSR count). The summed E-state index contributed by atoms with van der Waals surface area (Å²) < 4.78 is 8.28. The molecule has 0 unspecified atom stereocenters. The molecule has 0 radical (unpaired) electrons. The van der Waals surface area contributed by atoms with Gasteiger partial charge in [-0.25, -0.2) is 4.79 Å². The van der Waals surface area contributed by atoms with Gasteiger partial charge < -0.3 is 4.74 Å². The predicted molar refractivity (Wildman–Crippen MR) is 60.1 cm³/mol. The van der Waals surface area contributed by atoms with Crippen molar-refractivity contribution in [1.29, 1.82) is 0 Å². The van der Waals surface area contributed by atoms with Gasteiger partial charge in [0.2, 0.25) is 0 Å². The molecule has 0 aliphatic rings. The molecule has 0 aliphatic carbocycles. The second-order valence-corrected chi connectivity index (χ2v) is 3.48. The Hall–Kier alpha value is -2.04. The fourth-order valence-corrected chi connectivity index (χ4v) is 1.54. The lowest BCUT2D eigenvalue weighted by Crippen LogP contribution is -2.20. The fraction of sp³-hybridized carbons (Fsp3) is 0.273. The number of methoxy groups -OCH3 is 1. The summed E-state index contributed by atoms with van der Waals surface area (Å²) in [5.41, 5.74) is 0.499. The van der Waals surface area contributed by atoms with E-state index in [0.29, 0.717) is 5.82 Å². The maximum atomic E-state index is 11.6. The van der Waals surface area contributed by atoms with Gasteiger partial charge in [-0.2, -0.15) is 9.67 Å². The first-order valence-corrected chi connectivity index (χ1v) is 4.90. The smallest absolute Gasteiger partial charge is 0.368 e. The van der Waals surface area contributed by atoms with Crippen LogP contribution in [0.3, 0.4) is 0 Å². The maximum absolute atomic E-state index is 11.6. The molecule has 1 aromatic carbocycles. The van der Waals surface area contributed by atoms with Crippen LogP contribution in [0, 0.1) is 6.92 Å². The van der Waals surface area contributed by atoms with Crippen LogP contribution in [-0.2, 0) is 7.05 Å². The van der Waals surface area contributed by atoms with Crippen molar-refractivity contribution in [2.24, 2.45) is 7.05 Å². The number of ether oxygens (including phenoxy) is 1. The first-order valence-electron chi connectivity index (χ1n) is 4.90.